The molecular formula is C27H31F3O3. The van der Waals surface area contributed by atoms with Crippen LogP contribution in [-0.2, 0) is 6.18 Å². The van der Waals surface area contributed by atoms with E-state index < -0.39 is 29.5 Å². The van der Waals surface area contributed by atoms with Crippen LogP contribution in [0.3, 0.4) is 0 Å². The lowest BCUT2D eigenvalue weighted by atomic mass is 9.78. The maximum absolute atomic E-state index is 13.1. The van der Waals surface area contributed by atoms with E-state index in [0.29, 0.717) is 28.9 Å². The summed E-state index contributed by atoms with van der Waals surface area (Å²) >= 11 is 0. The largest absolute Gasteiger partial charge is 0.487 e. The monoisotopic (exact) mass is 460 g/mol. The summed E-state index contributed by atoms with van der Waals surface area (Å²) < 4.78 is 45.5. The maximum Gasteiger partial charge on any atom is 0.416 e. The third-order valence-electron chi connectivity index (χ3n) is 6.62. The molecule has 0 spiro atoms. The Kier molecular flexibility index (Phi) is 6.12. The van der Waals surface area contributed by atoms with Gasteiger partial charge < -0.3 is 14.9 Å². The summed E-state index contributed by atoms with van der Waals surface area (Å²) in [6.45, 7) is 7.91. The van der Waals surface area contributed by atoms with Crippen LogP contribution >= 0.6 is 0 Å². The topological polar surface area (TPSA) is 49.7 Å². The van der Waals surface area contributed by atoms with E-state index in [4.69, 9.17) is 4.74 Å². The average molecular weight is 461 g/mol. The van der Waals surface area contributed by atoms with Gasteiger partial charge in [0.1, 0.15) is 17.5 Å². The minimum absolute atomic E-state index is 0.0286. The summed E-state index contributed by atoms with van der Waals surface area (Å²) in [6, 6.07) is 6.56. The van der Waals surface area contributed by atoms with Gasteiger partial charge in [-0.3, -0.25) is 0 Å². The summed E-state index contributed by atoms with van der Waals surface area (Å²) in [4.78, 5) is 0. The SMILES string of the molecule is CC(C)c1cc2c(c(C3=CCCC3)c1[C@H](O)c1ccc(C(F)(F)F)cc1)[C@@H](O)CC(C)(C)O2. The van der Waals surface area contributed by atoms with Crippen molar-refractivity contribution in [3.8, 4) is 5.75 Å². The first kappa shape index (κ1) is 23.8. The molecule has 2 aromatic carbocycles. The van der Waals surface area contributed by atoms with Crippen LogP contribution in [0.25, 0.3) is 5.57 Å². The summed E-state index contributed by atoms with van der Waals surface area (Å²) in [5.41, 5.74) is 3.14. The molecule has 178 valence electrons. The van der Waals surface area contributed by atoms with Gasteiger partial charge in [0.25, 0.3) is 0 Å². The number of rotatable bonds is 4. The highest BCUT2D eigenvalue weighted by atomic mass is 19.4. The van der Waals surface area contributed by atoms with Crippen molar-refractivity contribution in [1.29, 1.82) is 0 Å². The zero-order valence-corrected chi connectivity index (χ0v) is 19.5. The highest BCUT2D eigenvalue weighted by Crippen LogP contribution is 2.50. The first-order valence-corrected chi connectivity index (χ1v) is 11.5. The molecule has 33 heavy (non-hydrogen) atoms. The molecule has 4 rings (SSSR count). The molecular weight excluding hydrogens is 429 g/mol. The number of hydrogen-bond donors (Lipinski definition) is 2. The predicted octanol–water partition coefficient (Wildman–Crippen LogP) is 7.07. The number of hydrogen-bond acceptors (Lipinski definition) is 3. The van der Waals surface area contributed by atoms with Crippen LogP contribution in [0.4, 0.5) is 13.2 Å². The molecule has 6 heteroatoms. The predicted molar refractivity (Wildman–Crippen MR) is 122 cm³/mol. The van der Waals surface area contributed by atoms with Crippen LogP contribution < -0.4 is 4.74 Å². The van der Waals surface area contributed by atoms with Crippen LogP contribution in [-0.4, -0.2) is 15.8 Å². The van der Waals surface area contributed by atoms with E-state index in [-0.39, 0.29) is 5.92 Å². The Balaban J connectivity index is 1.94. The van der Waals surface area contributed by atoms with E-state index in [9.17, 15) is 23.4 Å². The van der Waals surface area contributed by atoms with Crippen molar-refractivity contribution < 1.29 is 28.1 Å². The van der Waals surface area contributed by atoms with Crippen LogP contribution in [0.2, 0.25) is 0 Å². The molecule has 1 aliphatic carbocycles. The van der Waals surface area contributed by atoms with Crippen LogP contribution in [0, 0.1) is 0 Å². The second-order valence-electron chi connectivity index (χ2n) is 10.0. The van der Waals surface area contributed by atoms with Crippen molar-refractivity contribution in [2.24, 2.45) is 0 Å². The van der Waals surface area contributed by atoms with E-state index in [1.165, 1.54) is 12.1 Å². The fraction of sp³-hybridized carbons (Fsp3) is 0.481. The molecule has 2 aliphatic rings. The second-order valence-corrected chi connectivity index (χ2v) is 10.0. The van der Waals surface area contributed by atoms with Gasteiger partial charge in [-0.25, -0.2) is 0 Å². The fourth-order valence-electron chi connectivity index (χ4n) is 5.07. The normalized spacial score (nSPS) is 20.9. The molecule has 0 radical (unpaired) electrons. The van der Waals surface area contributed by atoms with Crippen molar-refractivity contribution in [3.63, 3.8) is 0 Å². The molecule has 0 saturated carbocycles. The van der Waals surface area contributed by atoms with Crippen molar-refractivity contribution >= 4 is 5.57 Å². The Morgan fingerprint density at radius 1 is 1.12 bits per heavy atom. The Morgan fingerprint density at radius 2 is 1.79 bits per heavy atom. The molecule has 0 bridgehead atoms. The van der Waals surface area contributed by atoms with Gasteiger partial charge in [0.15, 0.2) is 0 Å². The number of aliphatic hydroxyl groups excluding tert-OH is 2. The summed E-state index contributed by atoms with van der Waals surface area (Å²) in [5.74, 6) is 0.648. The molecule has 3 nitrogen and oxygen atoms in total. The maximum atomic E-state index is 13.1. The van der Waals surface area contributed by atoms with Crippen molar-refractivity contribution in [3.05, 3.63) is 69.8 Å². The molecule has 0 unspecified atom stereocenters. The van der Waals surface area contributed by atoms with Crippen LogP contribution in [0.15, 0.2) is 36.4 Å². The average Bonchev–Trinajstić information content (AvgIpc) is 3.25. The third kappa shape index (κ3) is 4.56. The van der Waals surface area contributed by atoms with Crippen LogP contribution in [0.1, 0.15) is 105 Å². The fourth-order valence-corrected chi connectivity index (χ4v) is 5.07. The van der Waals surface area contributed by atoms with Crippen molar-refractivity contribution in [2.45, 2.75) is 83.3 Å². The Morgan fingerprint density at radius 3 is 2.33 bits per heavy atom. The van der Waals surface area contributed by atoms with E-state index >= 15 is 0 Å². The molecule has 2 aromatic rings. The Bertz CT molecular complexity index is 1070. The third-order valence-corrected chi connectivity index (χ3v) is 6.62. The smallest absolute Gasteiger partial charge is 0.416 e. The molecule has 0 fully saturated rings. The number of fused-ring (bicyclic) bond motifs is 1. The Hall–Kier alpha value is -2.31. The van der Waals surface area contributed by atoms with Gasteiger partial charge >= 0.3 is 6.18 Å². The van der Waals surface area contributed by atoms with E-state index in [1.54, 1.807) is 0 Å². The Labute approximate surface area is 192 Å². The molecule has 0 saturated heterocycles. The lowest BCUT2D eigenvalue weighted by Crippen LogP contribution is -2.35. The summed E-state index contributed by atoms with van der Waals surface area (Å²) in [6.07, 6.45) is -1.08. The quantitative estimate of drug-likeness (QED) is 0.513. The van der Waals surface area contributed by atoms with Crippen molar-refractivity contribution in [2.75, 3.05) is 0 Å². The lowest BCUT2D eigenvalue weighted by molar-refractivity contribution is -0.137. The number of allylic oxidation sites excluding steroid dienone is 2. The van der Waals surface area contributed by atoms with Gasteiger partial charge in [-0.05, 0) is 85.1 Å². The van der Waals surface area contributed by atoms with Gasteiger partial charge in [-0.1, -0.05) is 32.1 Å². The zero-order valence-electron chi connectivity index (χ0n) is 19.5. The van der Waals surface area contributed by atoms with Gasteiger partial charge in [-0.15, -0.1) is 0 Å². The minimum atomic E-state index is -4.44. The summed E-state index contributed by atoms with van der Waals surface area (Å²) in [7, 11) is 0. The van der Waals surface area contributed by atoms with E-state index in [0.717, 1.165) is 48.1 Å². The molecule has 2 N–H and O–H groups in total. The standard InChI is InChI=1S/C27H31F3O3/c1-15(2)19-13-21-24(20(31)14-26(3,4)33-21)22(16-7-5-6-8-16)23(19)25(32)17-9-11-18(12-10-17)27(28,29)30/h7,9-13,15,20,25,31-32H,5-6,8,14H2,1-4H3/t20-,25+/m0/s1. The number of alkyl halides is 3. The number of aliphatic hydroxyl groups is 2. The van der Waals surface area contributed by atoms with E-state index in [1.807, 2.05) is 33.8 Å². The number of halogens is 3. The first-order valence-electron chi connectivity index (χ1n) is 11.5. The molecule has 0 amide bonds. The molecule has 1 aliphatic heterocycles. The van der Waals surface area contributed by atoms with Gasteiger partial charge in [-0.2, -0.15) is 13.2 Å². The highest BCUT2D eigenvalue weighted by molar-refractivity contribution is 5.77. The number of ether oxygens (including phenoxy) is 1. The number of benzene rings is 2. The van der Waals surface area contributed by atoms with Crippen LogP contribution in [0.5, 0.6) is 5.75 Å². The lowest BCUT2D eigenvalue weighted by Gasteiger charge is -2.39. The molecule has 2 atom stereocenters. The van der Waals surface area contributed by atoms with Crippen molar-refractivity contribution in [1.82, 2.24) is 0 Å². The molecule has 1 heterocycles. The minimum Gasteiger partial charge on any atom is -0.487 e. The summed E-state index contributed by atoms with van der Waals surface area (Å²) in [5, 5.41) is 22.7. The highest BCUT2D eigenvalue weighted by Gasteiger charge is 2.38. The van der Waals surface area contributed by atoms with Gasteiger partial charge in [0, 0.05) is 12.0 Å². The first-order chi connectivity index (χ1) is 15.4. The van der Waals surface area contributed by atoms with E-state index in [2.05, 4.69) is 6.08 Å². The van der Waals surface area contributed by atoms with Gasteiger partial charge in [0.2, 0.25) is 0 Å². The zero-order chi connectivity index (χ0) is 24.1. The second kappa shape index (κ2) is 8.48. The molecule has 0 aromatic heterocycles. The van der Waals surface area contributed by atoms with Gasteiger partial charge in [0.05, 0.1) is 11.7 Å².